The van der Waals surface area contributed by atoms with Gasteiger partial charge in [-0.2, -0.15) is 0 Å². The molecule has 0 spiro atoms. The van der Waals surface area contributed by atoms with E-state index < -0.39 is 6.09 Å². The van der Waals surface area contributed by atoms with Crippen LogP contribution in [0.15, 0.2) is 72.6 Å². The number of nitrogens with zero attached hydrogens (tertiary/aromatic N) is 2. The van der Waals surface area contributed by atoms with E-state index >= 15 is 0 Å². The van der Waals surface area contributed by atoms with E-state index in [0.29, 0.717) is 6.54 Å². The van der Waals surface area contributed by atoms with Crippen LogP contribution in [0.3, 0.4) is 0 Å². The summed E-state index contributed by atoms with van der Waals surface area (Å²) in [5.74, 6) is -0.0720. The number of ether oxygens (including phenoxy) is 1. The zero-order valence-electron chi connectivity index (χ0n) is 20.7. The molecule has 0 bridgehead atoms. The van der Waals surface area contributed by atoms with Crippen LogP contribution in [0, 0.1) is 0 Å². The van der Waals surface area contributed by atoms with Crippen LogP contribution in [-0.2, 0) is 16.0 Å². The lowest BCUT2D eigenvalue weighted by atomic mass is 9.97. The van der Waals surface area contributed by atoms with Crippen LogP contribution < -0.4 is 5.32 Å². The average Bonchev–Trinajstić information content (AvgIpc) is 3.69. The van der Waals surface area contributed by atoms with Gasteiger partial charge >= 0.3 is 6.09 Å². The van der Waals surface area contributed by atoms with Gasteiger partial charge in [0.2, 0.25) is 5.91 Å². The van der Waals surface area contributed by atoms with E-state index in [-0.39, 0.29) is 18.5 Å². The zero-order valence-corrected chi connectivity index (χ0v) is 20.7. The first-order valence-electron chi connectivity index (χ1n) is 12.6. The lowest BCUT2D eigenvalue weighted by Crippen LogP contribution is -2.43. The number of benzene rings is 3. The molecule has 2 aliphatic rings. The lowest BCUT2D eigenvalue weighted by molar-refractivity contribution is -0.130. The van der Waals surface area contributed by atoms with Crippen molar-refractivity contribution in [2.75, 3.05) is 20.2 Å². The third-order valence-corrected chi connectivity index (χ3v) is 7.42. The summed E-state index contributed by atoms with van der Waals surface area (Å²) in [6.45, 7) is 0.671. The number of nitrogens with one attached hydrogen (secondary N) is 2. The summed E-state index contributed by atoms with van der Waals surface area (Å²) in [6, 6.07) is 21.6. The molecule has 1 saturated heterocycles. The van der Waals surface area contributed by atoms with Crippen molar-refractivity contribution in [3.8, 4) is 22.3 Å². The summed E-state index contributed by atoms with van der Waals surface area (Å²) in [4.78, 5) is 33.5. The number of amides is 2. The predicted molar refractivity (Wildman–Crippen MR) is 144 cm³/mol. The predicted octanol–water partition coefficient (Wildman–Crippen LogP) is 5.18. The van der Waals surface area contributed by atoms with Gasteiger partial charge in [0.1, 0.15) is 6.54 Å². The first-order valence-corrected chi connectivity index (χ1v) is 12.6. The van der Waals surface area contributed by atoms with Crippen molar-refractivity contribution in [3.63, 3.8) is 0 Å². The van der Waals surface area contributed by atoms with E-state index in [2.05, 4.69) is 80.7 Å². The molecule has 1 unspecified atom stereocenters. The highest BCUT2D eigenvalue weighted by Gasteiger charge is 2.33. The first-order chi connectivity index (χ1) is 18.1. The Morgan fingerprint density at radius 2 is 1.76 bits per heavy atom. The number of rotatable bonds is 5. The van der Waals surface area contributed by atoms with E-state index in [1.165, 1.54) is 34.9 Å². The normalized spacial score (nSPS) is 16.5. The largest absolute Gasteiger partial charge is 0.453 e. The smallest absolute Gasteiger partial charge is 0.407 e. The number of alkyl carbamates (subject to hydrolysis) is 1. The lowest BCUT2D eigenvalue weighted by Gasteiger charge is -2.26. The van der Waals surface area contributed by atoms with Crippen LogP contribution in [-0.4, -0.2) is 53.1 Å². The van der Waals surface area contributed by atoms with Gasteiger partial charge in [0.25, 0.3) is 0 Å². The van der Waals surface area contributed by atoms with E-state index in [1.807, 2.05) is 11.0 Å². The average molecular weight is 493 g/mol. The molecular weight excluding hydrogens is 464 g/mol. The third kappa shape index (κ3) is 4.48. The van der Waals surface area contributed by atoms with Crippen LogP contribution in [0.5, 0.6) is 0 Å². The van der Waals surface area contributed by atoms with Gasteiger partial charge < -0.3 is 19.9 Å². The number of methoxy groups -OCH3 is 1. The molecule has 1 aliphatic carbocycles. The molecular formula is C30H28N4O3. The standard InChI is InChI=1S/C30H28N4O3/c1-37-30(36)31-17-29(35)34-12-2-3-28(34)25-14-22-9-8-21(13-24(22)15-25)19-4-6-20(7-5-19)23-10-11-26-27(16-23)33-18-32-26/h4-11,13,15-16,18,28H,2-3,12,14,17H2,1H3,(H,31,36)(H,32,33). The van der Waals surface area contributed by atoms with Crippen molar-refractivity contribution in [3.05, 3.63) is 83.7 Å². The SMILES string of the molecule is COC(=O)NCC(=O)N1CCCC1C1=Cc2cc(-c3ccc(-c4ccc5nc[nH]c5c4)cc3)ccc2C1. The third-order valence-electron chi connectivity index (χ3n) is 7.42. The molecule has 0 radical (unpaired) electrons. The minimum absolute atomic E-state index is 0.0424. The second-order valence-corrected chi connectivity index (χ2v) is 9.61. The van der Waals surface area contributed by atoms with Crippen molar-refractivity contribution < 1.29 is 14.3 Å². The van der Waals surface area contributed by atoms with E-state index in [9.17, 15) is 9.59 Å². The number of hydrogen-bond donors (Lipinski definition) is 2. The van der Waals surface area contributed by atoms with Crippen molar-refractivity contribution in [2.24, 2.45) is 0 Å². The van der Waals surface area contributed by atoms with E-state index in [0.717, 1.165) is 41.4 Å². The minimum Gasteiger partial charge on any atom is -0.453 e. The second kappa shape index (κ2) is 9.58. The maximum Gasteiger partial charge on any atom is 0.407 e. The van der Waals surface area contributed by atoms with Crippen LogP contribution in [0.4, 0.5) is 4.79 Å². The molecule has 1 aliphatic heterocycles. The van der Waals surface area contributed by atoms with Crippen molar-refractivity contribution in [2.45, 2.75) is 25.3 Å². The molecule has 2 amide bonds. The zero-order chi connectivity index (χ0) is 25.4. The molecule has 1 atom stereocenters. The monoisotopic (exact) mass is 492 g/mol. The van der Waals surface area contributed by atoms with Gasteiger partial charge in [-0.25, -0.2) is 9.78 Å². The highest BCUT2D eigenvalue weighted by molar-refractivity contribution is 5.84. The summed E-state index contributed by atoms with van der Waals surface area (Å²) in [7, 11) is 1.29. The number of aromatic amines is 1. The number of hydrogen-bond acceptors (Lipinski definition) is 4. The quantitative estimate of drug-likeness (QED) is 0.402. The molecule has 1 aromatic heterocycles. The number of fused-ring (bicyclic) bond motifs is 2. The van der Waals surface area contributed by atoms with Crippen molar-refractivity contribution in [1.29, 1.82) is 0 Å². The molecule has 1 fully saturated rings. The van der Waals surface area contributed by atoms with Crippen LogP contribution in [0.1, 0.15) is 24.0 Å². The van der Waals surface area contributed by atoms with Crippen LogP contribution in [0.2, 0.25) is 0 Å². The first kappa shape index (κ1) is 23.0. The van der Waals surface area contributed by atoms with Gasteiger partial charge in [-0.1, -0.05) is 48.5 Å². The number of likely N-dealkylation sites (tertiary alicyclic amines) is 1. The van der Waals surface area contributed by atoms with Crippen molar-refractivity contribution in [1.82, 2.24) is 20.2 Å². The Balaban J connectivity index is 1.19. The minimum atomic E-state index is -0.587. The van der Waals surface area contributed by atoms with Gasteiger partial charge in [-0.3, -0.25) is 4.79 Å². The van der Waals surface area contributed by atoms with Crippen molar-refractivity contribution >= 4 is 29.1 Å². The van der Waals surface area contributed by atoms with E-state index in [4.69, 9.17) is 0 Å². The van der Waals surface area contributed by atoms with Crippen LogP contribution >= 0.6 is 0 Å². The maximum atomic E-state index is 12.7. The van der Waals surface area contributed by atoms with Gasteiger partial charge in [0.05, 0.1) is 30.5 Å². The summed E-state index contributed by atoms with van der Waals surface area (Å²) in [5, 5.41) is 2.51. The molecule has 186 valence electrons. The summed E-state index contributed by atoms with van der Waals surface area (Å²) >= 11 is 0. The van der Waals surface area contributed by atoms with Gasteiger partial charge in [0, 0.05) is 6.54 Å². The number of aromatic nitrogens is 2. The summed E-state index contributed by atoms with van der Waals surface area (Å²) in [6.07, 6.45) is 6.14. The fourth-order valence-electron chi connectivity index (χ4n) is 5.50. The molecule has 7 nitrogen and oxygen atoms in total. The molecule has 2 heterocycles. The Morgan fingerprint density at radius 3 is 2.54 bits per heavy atom. The highest BCUT2D eigenvalue weighted by Crippen LogP contribution is 2.36. The number of H-pyrrole nitrogens is 1. The Morgan fingerprint density at radius 1 is 1.03 bits per heavy atom. The fourth-order valence-corrected chi connectivity index (χ4v) is 5.50. The fraction of sp³-hybridized carbons (Fsp3) is 0.233. The molecule has 37 heavy (non-hydrogen) atoms. The Hall–Kier alpha value is -4.39. The summed E-state index contributed by atoms with van der Waals surface area (Å²) < 4.78 is 4.59. The summed E-state index contributed by atoms with van der Waals surface area (Å²) in [5.41, 5.74) is 10.4. The molecule has 0 saturated carbocycles. The molecule has 2 N–H and O–H groups in total. The maximum absolute atomic E-state index is 12.7. The Kier molecular flexibility index (Phi) is 5.96. The Bertz CT molecular complexity index is 1520. The molecule has 6 rings (SSSR count). The number of imidazole rings is 1. The highest BCUT2D eigenvalue weighted by atomic mass is 16.5. The Labute approximate surface area is 215 Å². The van der Waals surface area contributed by atoms with Gasteiger partial charge in [-0.15, -0.1) is 0 Å². The number of carbonyl (C=O) groups excluding carboxylic acids is 2. The second-order valence-electron chi connectivity index (χ2n) is 9.61. The topological polar surface area (TPSA) is 87.3 Å². The molecule has 4 aromatic rings. The molecule has 3 aromatic carbocycles. The van der Waals surface area contributed by atoms with E-state index in [1.54, 1.807) is 6.33 Å². The number of carbonyl (C=O) groups is 2. The molecule has 7 heteroatoms. The van der Waals surface area contributed by atoms with Gasteiger partial charge in [-0.05, 0) is 76.4 Å². The van der Waals surface area contributed by atoms with Gasteiger partial charge in [0.15, 0.2) is 0 Å². The van der Waals surface area contributed by atoms with Crippen LogP contribution in [0.25, 0.3) is 39.4 Å².